The Morgan fingerprint density at radius 3 is 2.41 bits per heavy atom. The van der Waals surface area contributed by atoms with E-state index in [0.717, 1.165) is 17.7 Å². The second kappa shape index (κ2) is 8.63. The smallest absolute Gasteiger partial charge is 0.418 e. The number of carbonyl (C=O) groups excluding carboxylic acids is 1. The average Bonchev–Trinajstić information content (AvgIpc) is 2.61. The fourth-order valence-corrected chi connectivity index (χ4v) is 2.72. The fourth-order valence-electron chi connectivity index (χ4n) is 2.55. The van der Waals surface area contributed by atoms with E-state index in [1.807, 2.05) is 31.2 Å². The highest BCUT2D eigenvalue weighted by molar-refractivity contribution is 6.30. The minimum absolute atomic E-state index is 0.0504. The van der Waals surface area contributed by atoms with Gasteiger partial charge in [0.05, 0.1) is 24.9 Å². The Bertz CT molecular complexity index is 795. The van der Waals surface area contributed by atoms with Crippen LogP contribution in [0.3, 0.4) is 0 Å². The minimum Gasteiger partial charge on any atom is -0.497 e. The third-order valence-electron chi connectivity index (χ3n) is 4.21. The number of hydrogen-bond donors (Lipinski definition) is 1. The summed E-state index contributed by atoms with van der Waals surface area (Å²) in [6.07, 6.45) is -4.62. The summed E-state index contributed by atoms with van der Waals surface area (Å²) in [6.45, 7) is 1.83. The number of amides is 1. The Labute approximate surface area is 160 Å². The van der Waals surface area contributed by atoms with E-state index < -0.39 is 17.6 Å². The van der Waals surface area contributed by atoms with Crippen LogP contribution in [0, 0.1) is 0 Å². The predicted molar refractivity (Wildman–Crippen MR) is 99.1 cm³/mol. The Kier molecular flexibility index (Phi) is 6.73. The van der Waals surface area contributed by atoms with Crippen molar-refractivity contribution in [2.45, 2.75) is 19.1 Å². The lowest BCUT2D eigenvalue weighted by atomic mass is 10.1. The fraction of sp³-hybridized carbons (Fsp3) is 0.316. The molecule has 0 heterocycles. The maximum Gasteiger partial charge on any atom is 0.418 e. The number of halogens is 4. The van der Waals surface area contributed by atoms with Crippen molar-refractivity contribution in [2.24, 2.45) is 0 Å². The molecule has 1 unspecified atom stereocenters. The molecular formula is C19H20ClF3N2O2. The second-order valence-corrected chi connectivity index (χ2v) is 6.54. The molecule has 1 atom stereocenters. The summed E-state index contributed by atoms with van der Waals surface area (Å²) >= 11 is 5.64. The summed E-state index contributed by atoms with van der Waals surface area (Å²) in [5.74, 6) is 0.166. The molecule has 4 nitrogen and oxygen atoms in total. The van der Waals surface area contributed by atoms with Crippen molar-refractivity contribution in [1.82, 2.24) is 4.90 Å². The van der Waals surface area contributed by atoms with Gasteiger partial charge in [0.15, 0.2) is 0 Å². The molecule has 0 bridgehead atoms. The Balaban J connectivity index is 2.06. The van der Waals surface area contributed by atoms with Gasteiger partial charge in [0, 0.05) is 11.1 Å². The molecule has 0 aliphatic carbocycles. The molecule has 0 aliphatic heterocycles. The van der Waals surface area contributed by atoms with Crippen LogP contribution in [0.4, 0.5) is 18.9 Å². The van der Waals surface area contributed by atoms with Gasteiger partial charge in [0.2, 0.25) is 5.91 Å². The van der Waals surface area contributed by atoms with E-state index in [1.165, 1.54) is 6.07 Å². The zero-order valence-corrected chi connectivity index (χ0v) is 15.9. The van der Waals surface area contributed by atoms with Gasteiger partial charge in [-0.05, 0) is 49.9 Å². The van der Waals surface area contributed by atoms with E-state index >= 15 is 0 Å². The molecule has 0 spiro atoms. The molecule has 0 aliphatic rings. The quantitative estimate of drug-likeness (QED) is 0.742. The van der Waals surface area contributed by atoms with Crippen LogP contribution in [0.2, 0.25) is 5.02 Å². The molecule has 0 saturated carbocycles. The van der Waals surface area contributed by atoms with Crippen LogP contribution in [-0.4, -0.2) is 31.5 Å². The number of nitrogens with zero attached hydrogens (tertiary/aromatic N) is 1. The maximum absolute atomic E-state index is 13.1. The molecule has 146 valence electrons. The Morgan fingerprint density at radius 1 is 1.22 bits per heavy atom. The van der Waals surface area contributed by atoms with Gasteiger partial charge in [-0.3, -0.25) is 9.69 Å². The summed E-state index contributed by atoms with van der Waals surface area (Å²) in [5.41, 5.74) is -0.342. The van der Waals surface area contributed by atoms with E-state index in [4.69, 9.17) is 16.3 Å². The highest BCUT2D eigenvalue weighted by Gasteiger charge is 2.34. The first-order valence-corrected chi connectivity index (χ1v) is 8.50. The first kappa shape index (κ1) is 21.1. The predicted octanol–water partition coefficient (Wildman–Crippen LogP) is 5.00. The lowest BCUT2D eigenvalue weighted by Gasteiger charge is -2.25. The topological polar surface area (TPSA) is 41.6 Å². The molecule has 0 saturated heterocycles. The number of likely N-dealkylation sites (N-methyl/N-ethyl adjacent to an activating group) is 1. The van der Waals surface area contributed by atoms with Gasteiger partial charge < -0.3 is 10.1 Å². The van der Waals surface area contributed by atoms with Crippen LogP contribution < -0.4 is 10.1 Å². The van der Waals surface area contributed by atoms with E-state index in [-0.39, 0.29) is 23.3 Å². The van der Waals surface area contributed by atoms with Crippen molar-refractivity contribution in [1.29, 1.82) is 0 Å². The number of methoxy groups -OCH3 is 1. The SMILES string of the molecule is COc1ccc(C(C)N(C)CC(=O)Nc2ccc(Cl)cc2C(F)(F)F)cc1. The lowest BCUT2D eigenvalue weighted by Crippen LogP contribution is -2.32. The van der Waals surface area contributed by atoms with Crippen LogP contribution in [0.1, 0.15) is 24.1 Å². The van der Waals surface area contributed by atoms with E-state index in [2.05, 4.69) is 5.32 Å². The highest BCUT2D eigenvalue weighted by Crippen LogP contribution is 2.36. The van der Waals surface area contributed by atoms with Crippen LogP contribution >= 0.6 is 11.6 Å². The van der Waals surface area contributed by atoms with Gasteiger partial charge in [0.25, 0.3) is 0 Å². The average molecular weight is 401 g/mol. The standard InChI is InChI=1S/C19H20ClF3N2O2/c1-12(13-4-7-15(27-3)8-5-13)25(2)11-18(26)24-17-9-6-14(20)10-16(17)19(21,22)23/h4-10,12H,11H2,1-3H3,(H,24,26). The maximum atomic E-state index is 13.1. The highest BCUT2D eigenvalue weighted by atomic mass is 35.5. The number of hydrogen-bond acceptors (Lipinski definition) is 3. The van der Waals surface area contributed by atoms with Gasteiger partial charge in [-0.2, -0.15) is 13.2 Å². The molecule has 2 aromatic carbocycles. The zero-order chi connectivity index (χ0) is 20.2. The molecule has 8 heteroatoms. The minimum atomic E-state index is -4.62. The Morgan fingerprint density at radius 2 is 1.85 bits per heavy atom. The molecule has 1 N–H and O–H groups in total. The first-order valence-electron chi connectivity index (χ1n) is 8.12. The number of nitrogens with one attached hydrogen (secondary N) is 1. The number of benzene rings is 2. The molecule has 2 rings (SSSR count). The van der Waals surface area contributed by atoms with E-state index in [9.17, 15) is 18.0 Å². The molecule has 0 fully saturated rings. The van der Waals surface area contributed by atoms with Gasteiger partial charge >= 0.3 is 6.18 Å². The van der Waals surface area contributed by atoms with Crippen molar-refractivity contribution >= 4 is 23.2 Å². The molecule has 0 radical (unpaired) electrons. The normalized spacial score (nSPS) is 12.7. The summed E-state index contributed by atoms with van der Waals surface area (Å²) in [5, 5.41) is 2.27. The van der Waals surface area contributed by atoms with Crippen molar-refractivity contribution in [3.05, 3.63) is 58.6 Å². The largest absolute Gasteiger partial charge is 0.497 e. The molecule has 2 aromatic rings. The summed E-state index contributed by atoms with van der Waals surface area (Å²) in [6, 6.07) is 10.5. The number of anilines is 1. The van der Waals surface area contributed by atoms with Gasteiger partial charge in [0.1, 0.15) is 5.75 Å². The van der Waals surface area contributed by atoms with Crippen LogP contribution in [0.15, 0.2) is 42.5 Å². The lowest BCUT2D eigenvalue weighted by molar-refractivity contribution is -0.137. The number of alkyl halides is 3. The Hall–Kier alpha value is -2.25. The van der Waals surface area contributed by atoms with E-state index in [0.29, 0.717) is 5.75 Å². The van der Waals surface area contributed by atoms with E-state index in [1.54, 1.807) is 19.1 Å². The van der Waals surface area contributed by atoms with Gasteiger partial charge in [-0.15, -0.1) is 0 Å². The third kappa shape index (κ3) is 5.61. The van der Waals surface area contributed by atoms with Crippen LogP contribution in [0.5, 0.6) is 5.75 Å². The van der Waals surface area contributed by atoms with Crippen molar-refractivity contribution in [3.63, 3.8) is 0 Å². The van der Waals surface area contributed by atoms with Gasteiger partial charge in [-0.1, -0.05) is 23.7 Å². The molecule has 1 amide bonds. The molecular weight excluding hydrogens is 381 g/mol. The van der Waals surface area contributed by atoms with Crippen molar-refractivity contribution < 1.29 is 22.7 Å². The third-order valence-corrected chi connectivity index (χ3v) is 4.45. The first-order chi connectivity index (χ1) is 12.6. The number of ether oxygens (including phenoxy) is 1. The van der Waals surface area contributed by atoms with Gasteiger partial charge in [-0.25, -0.2) is 0 Å². The monoisotopic (exact) mass is 400 g/mol. The van der Waals surface area contributed by atoms with Crippen LogP contribution in [-0.2, 0) is 11.0 Å². The number of rotatable bonds is 6. The zero-order valence-electron chi connectivity index (χ0n) is 15.1. The number of carbonyl (C=O) groups is 1. The van der Waals surface area contributed by atoms with Crippen molar-refractivity contribution in [3.8, 4) is 5.75 Å². The van der Waals surface area contributed by atoms with Crippen LogP contribution in [0.25, 0.3) is 0 Å². The second-order valence-electron chi connectivity index (χ2n) is 6.10. The summed E-state index contributed by atoms with van der Waals surface area (Å²) < 4.78 is 44.5. The summed E-state index contributed by atoms with van der Waals surface area (Å²) in [4.78, 5) is 14.0. The summed E-state index contributed by atoms with van der Waals surface area (Å²) in [7, 11) is 3.29. The molecule has 27 heavy (non-hydrogen) atoms. The molecule has 0 aromatic heterocycles. The van der Waals surface area contributed by atoms with Crippen molar-refractivity contribution in [2.75, 3.05) is 26.0 Å².